The molecule has 0 aliphatic heterocycles. The van der Waals surface area contributed by atoms with Crippen LogP contribution >= 0.6 is 0 Å². The Morgan fingerprint density at radius 3 is 1.96 bits per heavy atom. The van der Waals surface area contributed by atoms with Crippen LogP contribution in [0.2, 0.25) is 0 Å². The molecule has 2 nitrogen and oxygen atoms in total. The van der Waals surface area contributed by atoms with E-state index in [1.165, 1.54) is 54.9 Å². The van der Waals surface area contributed by atoms with E-state index in [1.807, 2.05) is 6.07 Å². The lowest BCUT2D eigenvalue weighted by Crippen LogP contribution is -2.16. The first kappa shape index (κ1) is 25.9. The van der Waals surface area contributed by atoms with Gasteiger partial charge in [-0.2, -0.15) is 0 Å². The van der Waals surface area contributed by atoms with Gasteiger partial charge in [0.25, 0.3) is 0 Å². The summed E-state index contributed by atoms with van der Waals surface area (Å²) in [5.74, 6) is 0. The molecule has 0 saturated heterocycles. The first-order chi connectivity index (χ1) is 22.1. The highest BCUT2D eigenvalue weighted by Crippen LogP contribution is 2.52. The predicted octanol–water partition coefficient (Wildman–Crippen LogP) is 12.2. The molecule has 0 fully saturated rings. The van der Waals surface area contributed by atoms with Gasteiger partial charge in [0.2, 0.25) is 0 Å². The van der Waals surface area contributed by atoms with E-state index in [9.17, 15) is 0 Å². The molecule has 0 spiro atoms. The van der Waals surface area contributed by atoms with Crippen molar-refractivity contribution in [3.63, 3.8) is 0 Å². The topological polar surface area (TPSA) is 16.4 Å². The van der Waals surface area contributed by atoms with Gasteiger partial charge in [0.15, 0.2) is 0 Å². The Kier molecular flexibility index (Phi) is 5.58. The zero-order valence-corrected chi connectivity index (χ0v) is 25.3. The van der Waals surface area contributed by atoms with Crippen molar-refractivity contribution < 1.29 is 4.42 Å². The number of anilines is 3. The van der Waals surface area contributed by atoms with Crippen LogP contribution in [0.25, 0.3) is 55.0 Å². The smallest absolute Gasteiger partial charge is 0.136 e. The van der Waals surface area contributed by atoms with E-state index in [4.69, 9.17) is 4.42 Å². The molecule has 0 unspecified atom stereocenters. The number of rotatable bonds is 4. The lowest BCUT2D eigenvalue weighted by atomic mass is 9.82. The van der Waals surface area contributed by atoms with Crippen LogP contribution in [0.15, 0.2) is 156 Å². The molecule has 0 saturated carbocycles. The number of para-hydroxylation sites is 2. The van der Waals surface area contributed by atoms with Gasteiger partial charge < -0.3 is 9.32 Å². The van der Waals surface area contributed by atoms with Crippen LogP contribution in [0, 0.1) is 0 Å². The van der Waals surface area contributed by atoms with Gasteiger partial charge >= 0.3 is 0 Å². The maximum atomic E-state index is 6.30. The number of nitrogens with zero attached hydrogens (tertiary/aromatic N) is 1. The molecule has 7 aromatic carbocycles. The van der Waals surface area contributed by atoms with E-state index in [1.54, 1.807) is 0 Å². The van der Waals surface area contributed by atoms with Crippen LogP contribution in [0.1, 0.15) is 25.0 Å². The van der Waals surface area contributed by atoms with Crippen molar-refractivity contribution in [1.29, 1.82) is 0 Å². The average molecular weight is 578 g/mol. The van der Waals surface area contributed by atoms with Crippen molar-refractivity contribution in [2.45, 2.75) is 19.3 Å². The fourth-order valence-electron chi connectivity index (χ4n) is 7.37. The minimum atomic E-state index is -0.159. The van der Waals surface area contributed by atoms with Gasteiger partial charge in [-0.3, -0.25) is 0 Å². The highest BCUT2D eigenvalue weighted by atomic mass is 16.3. The van der Waals surface area contributed by atoms with Gasteiger partial charge in [-0.05, 0) is 98.8 Å². The molecule has 1 aromatic heterocycles. The molecule has 214 valence electrons. The van der Waals surface area contributed by atoms with Crippen LogP contribution < -0.4 is 4.90 Å². The third kappa shape index (κ3) is 3.96. The summed E-state index contributed by atoms with van der Waals surface area (Å²) in [5, 5.41) is 4.88. The second kappa shape index (κ2) is 9.70. The average Bonchev–Trinajstić information content (AvgIpc) is 3.56. The van der Waals surface area contributed by atoms with E-state index in [-0.39, 0.29) is 5.41 Å². The van der Waals surface area contributed by atoms with Crippen molar-refractivity contribution in [2.24, 2.45) is 0 Å². The summed E-state index contributed by atoms with van der Waals surface area (Å²) in [7, 11) is 0. The molecular weight excluding hydrogens is 546 g/mol. The van der Waals surface area contributed by atoms with E-state index < -0.39 is 0 Å². The molecule has 45 heavy (non-hydrogen) atoms. The van der Waals surface area contributed by atoms with E-state index in [2.05, 4.69) is 164 Å². The van der Waals surface area contributed by atoms with Crippen molar-refractivity contribution in [3.8, 4) is 22.3 Å². The molecule has 0 atom stereocenters. The quantitative estimate of drug-likeness (QED) is 0.207. The number of benzene rings is 7. The predicted molar refractivity (Wildman–Crippen MR) is 189 cm³/mol. The van der Waals surface area contributed by atoms with Gasteiger partial charge in [-0.25, -0.2) is 0 Å². The van der Waals surface area contributed by atoms with Crippen LogP contribution in [-0.2, 0) is 5.41 Å². The third-order valence-corrected chi connectivity index (χ3v) is 9.66. The molecule has 0 amide bonds. The Balaban J connectivity index is 1.16. The minimum absolute atomic E-state index is 0.159. The highest BCUT2D eigenvalue weighted by Gasteiger charge is 2.37. The monoisotopic (exact) mass is 577 g/mol. The highest BCUT2D eigenvalue weighted by molar-refractivity contribution is 6.07. The Morgan fingerprint density at radius 1 is 0.444 bits per heavy atom. The minimum Gasteiger partial charge on any atom is -0.456 e. The Bertz CT molecular complexity index is 2390. The summed E-state index contributed by atoms with van der Waals surface area (Å²) >= 11 is 0. The molecule has 2 heteroatoms. The molecular formula is C43H31NO. The third-order valence-electron chi connectivity index (χ3n) is 9.66. The number of hydrogen-bond acceptors (Lipinski definition) is 2. The van der Waals surface area contributed by atoms with Crippen molar-refractivity contribution in [3.05, 3.63) is 163 Å². The zero-order valence-electron chi connectivity index (χ0n) is 25.3. The maximum absolute atomic E-state index is 6.30. The van der Waals surface area contributed by atoms with Crippen molar-refractivity contribution in [1.82, 2.24) is 0 Å². The fraction of sp³-hybridized carbons (Fsp3) is 0.0698. The van der Waals surface area contributed by atoms with Crippen LogP contribution in [-0.4, -0.2) is 0 Å². The van der Waals surface area contributed by atoms with E-state index in [0.29, 0.717) is 0 Å². The number of hydrogen-bond donors (Lipinski definition) is 0. The fourth-order valence-corrected chi connectivity index (χ4v) is 7.37. The standard InChI is InChI=1S/C43H31NO/c1-43(2)39-25-32(23-24-35(39)37-27-42-38(26-40(37)43)36-16-8-9-18-41(36)45-42)44(30-13-4-3-5-14-30)31-21-19-29(20-22-31)34-17-10-12-28-11-6-7-15-33(28)34/h3-27H,1-2H3. The molecule has 0 bridgehead atoms. The summed E-state index contributed by atoms with van der Waals surface area (Å²) in [5.41, 5.74) is 12.8. The first-order valence-corrected chi connectivity index (χ1v) is 15.6. The van der Waals surface area contributed by atoms with Crippen LogP contribution in [0.5, 0.6) is 0 Å². The van der Waals surface area contributed by atoms with Gasteiger partial charge in [-0.1, -0.05) is 111 Å². The zero-order chi connectivity index (χ0) is 30.1. The Hall–Kier alpha value is -5.60. The van der Waals surface area contributed by atoms with Crippen LogP contribution in [0.3, 0.4) is 0 Å². The summed E-state index contributed by atoms with van der Waals surface area (Å²) in [6, 6.07) is 54.7. The molecule has 9 rings (SSSR count). The van der Waals surface area contributed by atoms with Gasteiger partial charge in [0, 0.05) is 33.2 Å². The van der Waals surface area contributed by atoms with E-state index in [0.717, 1.165) is 28.2 Å². The second-order valence-electron chi connectivity index (χ2n) is 12.6. The van der Waals surface area contributed by atoms with Crippen molar-refractivity contribution in [2.75, 3.05) is 4.90 Å². The number of fused-ring (bicyclic) bond motifs is 7. The molecule has 1 aliphatic rings. The summed E-state index contributed by atoms with van der Waals surface area (Å²) < 4.78 is 6.30. The molecule has 0 radical (unpaired) electrons. The molecule has 8 aromatic rings. The van der Waals surface area contributed by atoms with Gasteiger partial charge in [0.05, 0.1) is 0 Å². The lowest BCUT2D eigenvalue weighted by Gasteiger charge is -2.28. The second-order valence-corrected chi connectivity index (χ2v) is 12.6. The molecule has 0 N–H and O–H groups in total. The summed E-state index contributed by atoms with van der Waals surface area (Å²) in [6.07, 6.45) is 0. The first-order valence-electron chi connectivity index (χ1n) is 15.6. The summed E-state index contributed by atoms with van der Waals surface area (Å²) in [6.45, 7) is 4.70. The summed E-state index contributed by atoms with van der Waals surface area (Å²) in [4.78, 5) is 2.37. The number of furan rings is 1. The van der Waals surface area contributed by atoms with Crippen LogP contribution in [0.4, 0.5) is 17.1 Å². The SMILES string of the molecule is CC1(C)c2cc(N(c3ccccc3)c3ccc(-c4cccc5ccccc45)cc3)ccc2-c2cc3oc4ccccc4c3cc21. The normalized spacial score (nSPS) is 13.3. The van der Waals surface area contributed by atoms with Crippen molar-refractivity contribution >= 4 is 49.8 Å². The molecule has 1 heterocycles. The Labute approximate surface area is 262 Å². The van der Waals surface area contributed by atoms with Gasteiger partial charge in [-0.15, -0.1) is 0 Å². The maximum Gasteiger partial charge on any atom is 0.136 e. The lowest BCUT2D eigenvalue weighted by molar-refractivity contribution is 0.658. The Morgan fingerprint density at radius 2 is 1.11 bits per heavy atom. The molecule has 1 aliphatic carbocycles. The van der Waals surface area contributed by atoms with E-state index >= 15 is 0 Å². The van der Waals surface area contributed by atoms with Gasteiger partial charge in [0.1, 0.15) is 11.2 Å². The largest absolute Gasteiger partial charge is 0.456 e.